The molecule has 0 unspecified atom stereocenters. The summed E-state index contributed by atoms with van der Waals surface area (Å²) in [4.78, 5) is 46.7. The minimum atomic E-state index is -0.788. The summed E-state index contributed by atoms with van der Waals surface area (Å²) in [5.41, 5.74) is 6.55. The first-order valence-corrected chi connectivity index (χ1v) is 8.84. The van der Waals surface area contributed by atoms with Crippen molar-refractivity contribution in [1.82, 2.24) is 0 Å². The zero-order valence-electron chi connectivity index (χ0n) is 14.0. The van der Waals surface area contributed by atoms with E-state index in [0.29, 0.717) is 10.6 Å². The quantitative estimate of drug-likeness (QED) is 0.440. The average Bonchev–Trinajstić information content (AvgIpc) is 3.20. The van der Waals surface area contributed by atoms with Gasteiger partial charge < -0.3 is 15.8 Å². The van der Waals surface area contributed by atoms with Crippen LogP contribution in [0.2, 0.25) is 0 Å². The van der Waals surface area contributed by atoms with E-state index in [1.54, 1.807) is 0 Å². The van der Waals surface area contributed by atoms with E-state index in [-0.39, 0.29) is 11.3 Å². The molecule has 1 aliphatic rings. The van der Waals surface area contributed by atoms with Gasteiger partial charge in [0.2, 0.25) is 0 Å². The SMILES string of the molecule is NC(=O)c1c(NC(=O)COC(=O)c2ccc([N+](=O)[O-])cc2)sc2c1CCC2. The molecule has 1 aromatic carbocycles. The van der Waals surface area contributed by atoms with Crippen LogP contribution in [0.25, 0.3) is 0 Å². The number of anilines is 1. The number of fused-ring (bicyclic) bond motifs is 1. The molecular formula is C17H15N3O6S. The van der Waals surface area contributed by atoms with Crippen molar-refractivity contribution in [3.8, 4) is 0 Å². The molecule has 3 N–H and O–H groups in total. The standard InChI is InChI=1S/C17H15N3O6S/c18-15(22)14-11-2-1-3-12(11)27-16(14)19-13(21)8-26-17(23)9-4-6-10(7-5-9)20(24)25/h4-7H,1-3,8H2,(H2,18,22)(H,19,21). The van der Waals surface area contributed by atoms with Crippen molar-refractivity contribution < 1.29 is 24.0 Å². The molecule has 3 rings (SSSR count). The van der Waals surface area contributed by atoms with Gasteiger partial charge in [0.15, 0.2) is 6.61 Å². The van der Waals surface area contributed by atoms with Crippen molar-refractivity contribution in [1.29, 1.82) is 0 Å². The van der Waals surface area contributed by atoms with Crippen LogP contribution in [0.15, 0.2) is 24.3 Å². The Morgan fingerprint density at radius 3 is 2.56 bits per heavy atom. The molecule has 0 fully saturated rings. The average molecular weight is 389 g/mol. The molecule has 9 nitrogen and oxygen atoms in total. The number of thiophene rings is 1. The van der Waals surface area contributed by atoms with Crippen molar-refractivity contribution >= 4 is 39.8 Å². The summed E-state index contributed by atoms with van der Waals surface area (Å²) < 4.78 is 4.91. The smallest absolute Gasteiger partial charge is 0.338 e. The Morgan fingerprint density at radius 2 is 1.93 bits per heavy atom. The number of nitro groups is 1. The number of nitrogens with two attached hydrogens (primary N) is 1. The largest absolute Gasteiger partial charge is 0.452 e. The zero-order valence-corrected chi connectivity index (χ0v) is 14.8. The van der Waals surface area contributed by atoms with E-state index in [1.807, 2.05) is 0 Å². The molecule has 0 spiro atoms. The summed E-state index contributed by atoms with van der Waals surface area (Å²) in [5, 5.41) is 13.5. The van der Waals surface area contributed by atoms with Crippen LogP contribution >= 0.6 is 11.3 Å². The Hall–Kier alpha value is -3.27. The summed E-state index contributed by atoms with van der Waals surface area (Å²) >= 11 is 1.30. The number of nitrogens with one attached hydrogen (secondary N) is 1. The molecule has 0 aliphatic heterocycles. The second-order valence-corrected chi connectivity index (χ2v) is 6.96. The van der Waals surface area contributed by atoms with E-state index >= 15 is 0 Å². The molecule has 0 saturated carbocycles. The van der Waals surface area contributed by atoms with Crippen LogP contribution in [0.3, 0.4) is 0 Å². The van der Waals surface area contributed by atoms with Crippen LogP contribution in [-0.2, 0) is 22.4 Å². The number of carbonyl (C=O) groups excluding carboxylic acids is 3. The Balaban J connectivity index is 1.61. The molecule has 140 valence electrons. The number of carbonyl (C=O) groups is 3. The molecule has 1 aromatic heterocycles. The molecule has 0 saturated heterocycles. The molecule has 27 heavy (non-hydrogen) atoms. The number of hydrogen-bond donors (Lipinski definition) is 2. The van der Waals surface area contributed by atoms with Gasteiger partial charge in [-0.3, -0.25) is 19.7 Å². The highest BCUT2D eigenvalue weighted by atomic mass is 32.1. The number of nitrogens with zero attached hydrogens (tertiary/aromatic N) is 1. The van der Waals surface area contributed by atoms with Gasteiger partial charge in [0.25, 0.3) is 17.5 Å². The molecule has 0 bridgehead atoms. The van der Waals surface area contributed by atoms with E-state index < -0.39 is 29.3 Å². The van der Waals surface area contributed by atoms with Gasteiger partial charge in [0, 0.05) is 17.0 Å². The lowest BCUT2D eigenvalue weighted by atomic mass is 10.1. The fourth-order valence-corrected chi connectivity index (χ4v) is 4.16. The number of primary amides is 1. The monoisotopic (exact) mass is 389 g/mol. The second-order valence-electron chi connectivity index (χ2n) is 5.85. The van der Waals surface area contributed by atoms with Crippen molar-refractivity contribution in [2.45, 2.75) is 19.3 Å². The first-order valence-electron chi connectivity index (χ1n) is 8.02. The van der Waals surface area contributed by atoms with E-state index in [2.05, 4.69) is 5.32 Å². The molecule has 0 atom stereocenters. The zero-order chi connectivity index (χ0) is 19.6. The predicted octanol–water partition coefficient (Wildman–Crippen LogP) is 2.04. The van der Waals surface area contributed by atoms with E-state index in [1.165, 1.54) is 35.6 Å². The summed E-state index contributed by atoms with van der Waals surface area (Å²) in [6, 6.07) is 4.83. The third-order valence-electron chi connectivity index (χ3n) is 4.07. The maximum Gasteiger partial charge on any atom is 0.338 e. The first kappa shape index (κ1) is 18.5. The Bertz CT molecular complexity index is 935. The van der Waals surface area contributed by atoms with E-state index in [0.717, 1.165) is 29.7 Å². The van der Waals surface area contributed by atoms with Gasteiger partial charge in [-0.05, 0) is 37.0 Å². The van der Waals surface area contributed by atoms with Crippen LogP contribution in [0.1, 0.15) is 37.6 Å². The molecule has 1 heterocycles. The minimum absolute atomic E-state index is 0.0846. The number of amides is 2. The fraction of sp³-hybridized carbons (Fsp3) is 0.235. The van der Waals surface area contributed by atoms with Gasteiger partial charge in [-0.1, -0.05) is 0 Å². The number of aryl methyl sites for hydroxylation is 1. The summed E-state index contributed by atoms with van der Waals surface area (Å²) in [6.07, 6.45) is 2.53. The minimum Gasteiger partial charge on any atom is -0.452 e. The van der Waals surface area contributed by atoms with Crippen LogP contribution < -0.4 is 11.1 Å². The second kappa shape index (κ2) is 7.54. The fourth-order valence-electron chi connectivity index (χ4n) is 2.85. The van der Waals surface area contributed by atoms with Crippen LogP contribution in [0.4, 0.5) is 10.7 Å². The van der Waals surface area contributed by atoms with Gasteiger partial charge in [-0.25, -0.2) is 4.79 Å². The third kappa shape index (κ3) is 3.95. The molecule has 10 heteroatoms. The highest BCUT2D eigenvalue weighted by Gasteiger charge is 2.26. The topological polar surface area (TPSA) is 142 Å². The van der Waals surface area contributed by atoms with Crippen LogP contribution in [0, 0.1) is 10.1 Å². The number of non-ortho nitro benzene ring substituents is 1. The maximum atomic E-state index is 12.1. The third-order valence-corrected chi connectivity index (χ3v) is 5.28. The maximum absolute atomic E-state index is 12.1. The van der Waals surface area contributed by atoms with Gasteiger partial charge in [0.1, 0.15) is 5.00 Å². The number of esters is 1. The summed E-state index contributed by atoms with van der Waals surface area (Å²) in [6.45, 7) is -0.559. The highest BCUT2D eigenvalue weighted by Crippen LogP contribution is 2.38. The van der Waals surface area contributed by atoms with Gasteiger partial charge >= 0.3 is 5.97 Å². The molecule has 2 aromatic rings. The number of benzene rings is 1. The Labute approximate surface area is 157 Å². The molecule has 2 amide bonds. The highest BCUT2D eigenvalue weighted by molar-refractivity contribution is 7.17. The van der Waals surface area contributed by atoms with Crippen molar-refractivity contribution in [2.24, 2.45) is 5.73 Å². The number of nitro benzene ring substituents is 1. The summed E-state index contributed by atoms with van der Waals surface area (Å²) in [5.74, 6) is -2.00. The van der Waals surface area contributed by atoms with Crippen molar-refractivity contribution in [3.05, 3.63) is 55.9 Å². The van der Waals surface area contributed by atoms with Crippen molar-refractivity contribution in [3.63, 3.8) is 0 Å². The van der Waals surface area contributed by atoms with Crippen LogP contribution in [-0.4, -0.2) is 29.3 Å². The van der Waals surface area contributed by atoms with E-state index in [4.69, 9.17) is 10.5 Å². The first-order chi connectivity index (χ1) is 12.9. The molecular weight excluding hydrogens is 374 g/mol. The van der Waals surface area contributed by atoms with Crippen LogP contribution in [0.5, 0.6) is 0 Å². The van der Waals surface area contributed by atoms with Gasteiger partial charge in [0.05, 0.1) is 16.1 Å². The summed E-state index contributed by atoms with van der Waals surface area (Å²) in [7, 11) is 0. The predicted molar refractivity (Wildman–Crippen MR) is 96.9 cm³/mol. The van der Waals surface area contributed by atoms with Gasteiger partial charge in [-0.2, -0.15) is 0 Å². The molecule has 0 radical (unpaired) electrons. The lowest BCUT2D eigenvalue weighted by Gasteiger charge is -2.07. The van der Waals surface area contributed by atoms with Crippen molar-refractivity contribution in [2.75, 3.05) is 11.9 Å². The number of ether oxygens (including phenoxy) is 1. The lowest BCUT2D eigenvalue weighted by Crippen LogP contribution is -2.22. The number of hydrogen-bond acceptors (Lipinski definition) is 7. The lowest BCUT2D eigenvalue weighted by molar-refractivity contribution is -0.384. The Kier molecular flexibility index (Phi) is 5.17. The van der Waals surface area contributed by atoms with E-state index in [9.17, 15) is 24.5 Å². The Morgan fingerprint density at radius 1 is 1.22 bits per heavy atom. The normalized spacial score (nSPS) is 12.3. The van der Waals surface area contributed by atoms with Gasteiger partial charge in [-0.15, -0.1) is 11.3 Å². The molecule has 1 aliphatic carbocycles. The number of rotatable bonds is 6.